The maximum absolute atomic E-state index is 11.9. The molecular formula is C13H24N2O4. The van der Waals surface area contributed by atoms with Crippen LogP contribution in [0.1, 0.15) is 26.7 Å². The van der Waals surface area contributed by atoms with Crippen molar-refractivity contribution in [2.24, 2.45) is 11.8 Å². The second-order valence-electron chi connectivity index (χ2n) is 5.48. The molecule has 0 aromatic heterocycles. The standard InChI is InChI=1S/C13H24N2O4/c1-9(2)6-10(12(16)17)7-14-13(18)15(3)11-4-5-19-8-11/h9-11H,4-8H2,1-3H3,(H,14,18)(H,16,17). The highest BCUT2D eigenvalue weighted by Gasteiger charge is 2.25. The zero-order valence-corrected chi connectivity index (χ0v) is 11.9. The topological polar surface area (TPSA) is 78.9 Å². The molecule has 1 fully saturated rings. The molecule has 110 valence electrons. The molecule has 0 bridgehead atoms. The number of rotatable bonds is 6. The molecule has 1 saturated heterocycles. The quantitative estimate of drug-likeness (QED) is 0.760. The van der Waals surface area contributed by atoms with E-state index in [1.165, 1.54) is 0 Å². The Labute approximate surface area is 114 Å². The Morgan fingerprint density at radius 1 is 1.47 bits per heavy atom. The molecule has 1 rings (SSSR count). The highest BCUT2D eigenvalue weighted by molar-refractivity contribution is 5.76. The summed E-state index contributed by atoms with van der Waals surface area (Å²) in [5, 5.41) is 11.8. The molecular weight excluding hydrogens is 248 g/mol. The van der Waals surface area contributed by atoms with Gasteiger partial charge in [-0.25, -0.2) is 4.79 Å². The molecule has 0 aliphatic carbocycles. The van der Waals surface area contributed by atoms with Crippen LogP contribution < -0.4 is 5.32 Å². The minimum atomic E-state index is -0.860. The third-order valence-electron chi connectivity index (χ3n) is 3.38. The first kappa shape index (κ1) is 15.8. The maximum atomic E-state index is 11.9. The molecule has 1 aliphatic rings. The van der Waals surface area contributed by atoms with Gasteiger partial charge < -0.3 is 20.1 Å². The van der Waals surface area contributed by atoms with Crippen molar-refractivity contribution in [3.63, 3.8) is 0 Å². The van der Waals surface area contributed by atoms with Crippen LogP contribution in [0.5, 0.6) is 0 Å². The summed E-state index contributed by atoms with van der Waals surface area (Å²) in [6, 6.07) is -0.140. The lowest BCUT2D eigenvalue weighted by molar-refractivity contribution is -0.142. The lowest BCUT2D eigenvalue weighted by atomic mass is 9.97. The second kappa shape index (κ2) is 7.33. The van der Waals surface area contributed by atoms with Crippen molar-refractivity contribution in [1.82, 2.24) is 10.2 Å². The predicted octanol–water partition coefficient (Wildman–Crippen LogP) is 1.16. The van der Waals surface area contributed by atoms with Crippen LogP contribution in [0.25, 0.3) is 0 Å². The van der Waals surface area contributed by atoms with Gasteiger partial charge in [0.2, 0.25) is 0 Å². The number of carboxylic acids is 1. The van der Waals surface area contributed by atoms with Crippen LogP contribution >= 0.6 is 0 Å². The molecule has 2 amide bonds. The smallest absolute Gasteiger partial charge is 0.317 e. The van der Waals surface area contributed by atoms with Crippen molar-refractivity contribution in [1.29, 1.82) is 0 Å². The minimum absolute atomic E-state index is 0.0911. The number of ether oxygens (including phenoxy) is 1. The molecule has 6 heteroatoms. The Morgan fingerprint density at radius 2 is 2.16 bits per heavy atom. The van der Waals surface area contributed by atoms with Crippen molar-refractivity contribution in [3.8, 4) is 0 Å². The molecule has 1 aliphatic heterocycles. The third-order valence-corrected chi connectivity index (χ3v) is 3.38. The van der Waals surface area contributed by atoms with Gasteiger partial charge >= 0.3 is 12.0 Å². The van der Waals surface area contributed by atoms with E-state index in [1.807, 2.05) is 13.8 Å². The van der Waals surface area contributed by atoms with Crippen LogP contribution in [0.15, 0.2) is 0 Å². The first-order chi connectivity index (χ1) is 8.91. The van der Waals surface area contributed by atoms with E-state index in [4.69, 9.17) is 9.84 Å². The van der Waals surface area contributed by atoms with E-state index in [-0.39, 0.29) is 18.6 Å². The lowest BCUT2D eigenvalue weighted by Gasteiger charge is -2.24. The monoisotopic (exact) mass is 272 g/mol. The van der Waals surface area contributed by atoms with Crippen LogP contribution in [0.2, 0.25) is 0 Å². The van der Waals surface area contributed by atoms with E-state index >= 15 is 0 Å². The first-order valence-electron chi connectivity index (χ1n) is 6.73. The van der Waals surface area contributed by atoms with E-state index in [1.54, 1.807) is 11.9 Å². The number of carbonyl (C=O) groups excluding carboxylic acids is 1. The fraction of sp³-hybridized carbons (Fsp3) is 0.846. The number of hydrogen-bond acceptors (Lipinski definition) is 3. The summed E-state index contributed by atoms with van der Waals surface area (Å²) in [6.07, 6.45) is 1.39. The molecule has 2 N–H and O–H groups in total. The van der Waals surface area contributed by atoms with Gasteiger partial charge in [0.15, 0.2) is 0 Å². The van der Waals surface area contributed by atoms with E-state index < -0.39 is 11.9 Å². The minimum Gasteiger partial charge on any atom is -0.481 e. The van der Waals surface area contributed by atoms with Crippen molar-refractivity contribution in [2.75, 3.05) is 26.8 Å². The summed E-state index contributed by atoms with van der Waals surface area (Å²) >= 11 is 0. The Kier molecular flexibility index (Phi) is 6.08. The summed E-state index contributed by atoms with van der Waals surface area (Å²) < 4.78 is 5.23. The number of aliphatic carboxylic acids is 1. The molecule has 2 atom stereocenters. The van der Waals surface area contributed by atoms with E-state index in [0.29, 0.717) is 25.6 Å². The second-order valence-corrected chi connectivity index (χ2v) is 5.48. The number of nitrogens with zero attached hydrogens (tertiary/aromatic N) is 1. The SMILES string of the molecule is CC(C)CC(CNC(=O)N(C)C1CCOC1)C(=O)O. The normalized spacial score (nSPS) is 20.3. The Morgan fingerprint density at radius 3 is 2.63 bits per heavy atom. The molecule has 0 spiro atoms. The highest BCUT2D eigenvalue weighted by atomic mass is 16.5. The molecule has 0 aromatic rings. The number of nitrogens with one attached hydrogen (secondary N) is 1. The fourth-order valence-corrected chi connectivity index (χ4v) is 2.17. The Balaban J connectivity index is 2.40. The van der Waals surface area contributed by atoms with Crippen molar-refractivity contribution >= 4 is 12.0 Å². The average molecular weight is 272 g/mol. The highest BCUT2D eigenvalue weighted by Crippen LogP contribution is 2.13. The average Bonchev–Trinajstić information content (AvgIpc) is 2.85. The van der Waals surface area contributed by atoms with Gasteiger partial charge in [0.05, 0.1) is 18.6 Å². The number of carbonyl (C=O) groups is 2. The van der Waals surface area contributed by atoms with Gasteiger partial charge in [-0.05, 0) is 18.8 Å². The molecule has 2 unspecified atom stereocenters. The molecule has 6 nitrogen and oxygen atoms in total. The van der Waals surface area contributed by atoms with Gasteiger partial charge in [-0.3, -0.25) is 4.79 Å². The zero-order valence-electron chi connectivity index (χ0n) is 11.9. The molecule has 0 radical (unpaired) electrons. The van der Waals surface area contributed by atoms with Gasteiger partial charge in [-0.1, -0.05) is 13.8 Å². The van der Waals surface area contributed by atoms with E-state index in [9.17, 15) is 9.59 Å². The summed E-state index contributed by atoms with van der Waals surface area (Å²) in [5.41, 5.74) is 0. The van der Waals surface area contributed by atoms with Gasteiger partial charge in [0.25, 0.3) is 0 Å². The Bertz CT molecular complexity index is 314. The van der Waals surface area contributed by atoms with E-state index in [0.717, 1.165) is 6.42 Å². The van der Waals surface area contributed by atoms with Crippen LogP contribution in [-0.2, 0) is 9.53 Å². The predicted molar refractivity (Wildman–Crippen MR) is 71.0 cm³/mol. The largest absolute Gasteiger partial charge is 0.481 e. The lowest BCUT2D eigenvalue weighted by Crippen LogP contribution is -2.46. The summed E-state index contributed by atoms with van der Waals surface area (Å²) in [7, 11) is 1.72. The van der Waals surface area contributed by atoms with Crippen molar-refractivity contribution in [3.05, 3.63) is 0 Å². The van der Waals surface area contributed by atoms with Gasteiger partial charge in [0, 0.05) is 20.2 Å². The summed E-state index contributed by atoms with van der Waals surface area (Å²) in [4.78, 5) is 24.6. The van der Waals surface area contributed by atoms with E-state index in [2.05, 4.69) is 5.32 Å². The number of amides is 2. The van der Waals surface area contributed by atoms with Gasteiger partial charge in [-0.2, -0.15) is 0 Å². The van der Waals surface area contributed by atoms with Crippen LogP contribution in [0, 0.1) is 11.8 Å². The number of carboxylic acid groups (broad SMARTS) is 1. The molecule has 1 heterocycles. The third kappa shape index (κ3) is 5.06. The molecule has 0 saturated carbocycles. The number of likely N-dealkylation sites (N-methyl/N-ethyl adjacent to an activating group) is 1. The van der Waals surface area contributed by atoms with Crippen LogP contribution in [0.3, 0.4) is 0 Å². The first-order valence-corrected chi connectivity index (χ1v) is 6.73. The van der Waals surface area contributed by atoms with Crippen LogP contribution in [0.4, 0.5) is 4.79 Å². The summed E-state index contributed by atoms with van der Waals surface area (Å²) in [5.74, 6) is -1.10. The van der Waals surface area contributed by atoms with Gasteiger partial charge in [-0.15, -0.1) is 0 Å². The zero-order chi connectivity index (χ0) is 14.4. The molecule has 0 aromatic carbocycles. The van der Waals surface area contributed by atoms with Crippen LogP contribution in [-0.4, -0.2) is 54.9 Å². The number of hydrogen-bond donors (Lipinski definition) is 2. The van der Waals surface area contributed by atoms with Crippen molar-refractivity contribution < 1.29 is 19.4 Å². The summed E-state index contributed by atoms with van der Waals surface area (Å²) in [6.45, 7) is 5.34. The number of urea groups is 1. The maximum Gasteiger partial charge on any atom is 0.317 e. The Hall–Kier alpha value is -1.30. The fourth-order valence-electron chi connectivity index (χ4n) is 2.17. The van der Waals surface area contributed by atoms with Crippen molar-refractivity contribution in [2.45, 2.75) is 32.7 Å². The molecule has 19 heavy (non-hydrogen) atoms. The van der Waals surface area contributed by atoms with Gasteiger partial charge in [0.1, 0.15) is 0 Å².